The molecule has 0 aliphatic carbocycles. The Morgan fingerprint density at radius 1 is 1.71 bits per heavy atom. The number of aryl methyl sites for hydroxylation is 1. The number of carbonyl (C=O) groups excluding carboxylic acids is 1. The van der Waals surface area contributed by atoms with E-state index in [2.05, 4.69) is 15.0 Å². The lowest BCUT2D eigenvalue weighted by Gasteiger charge is -2.05. The average molecular weight is 242 g/mol. The lowest BCUT2D eigenvalue weighted by atomic mass is 10.5. The van der Waals surface area contributed by atoms with Crippen molar-refractivity contribution >= 4 is 11.9 Å². The molecule has 1 rings (SSSR count). The van der Waals surface area contributed by atoms with Crippen LogP contribution in [0.3, 0.4) is 0 Å². The van der Waals surface area contributed by atoms with Gasteiger partial charge in [-0.25, -0.2) is 14.3 Å². The molecule has 1 aromatic heterocycles. The first-order valence-corrected chi connectivity index (χ1v) is 5.13. The molecule has 1 aromatic rings. The second kappa shape index (κ2) is 5.83. The number of alkyl carbamates (subject to hydrolysis) is 1. The quantitative estimate of drug-likeness (QED) is 0.609. The minimum atomic E-state index is -0.534. The lowest BCUT2D eigenvalue weighted by molar-refractivity contribution is -0.392. The van der Waals surface area contributed by atoms with Gasteiger partial charge < -0.3 is 20.2 Å². The van der Waals surface area contributed by atoms with Crippen LogP contribution in [-0.4, -0.2) is 33.7 Å². The number of nitrogens with one attached hydrogen (secondary N) is 1. The van der Waals surface area contributed by atoms with Crippen LogP contribution in [0.1, 0.15) is 12.7 Å². The zero-order chi connectivity index (χ0) is 12.8. The molecular weight excluding hydrogens is 228 g/mol. The number of nitro groups is 1. The van der Waals surface area contributed by atoms with E-state index in [9.17, 15) is 14.9 Å². The first-order valence-electron chi connectivity index (χ1n) is 5.13. The van der Waals surface area contributed by atoms with E-state index < -0.39 is 11.0 Å². The molecule has 0 aliphatic heterocycles. The summed E-state index contributed by atoms with van der Waals surface area (Å²) in [4.78, 5) is 25.0. The van der Waals surface area contributed by atoms with Gasteiger partial charge >= 0.3 is 11.9 Å². The molecule has 0 aliphatic rings. The number of aromatic nitrogens is 2. The molecule has 0 saturated heterocycles. The Morgan fingerprint density at radius 3 is 3.00 bits per heavy atom. The number of ether oxygens (including phenoxy) is 1. The highest BCUT2D eigenvalue weighted by molar-refractivity contribution is 5.66. The first kappa shape index (κ1) is 12.9. The second-order valence-corrected chi connectivity index (χ2v) is 3.22. The number of nitrogens with zero attached hydrogens (tertiary/aromatic N) is 3. The van der Waals surface area contributed by atoms with Crippen LogP contribution in [0.2, 0.25) is 0 Å². The summed E-state index contributed by atoms with van der Waals surface area (Å²) >= 11 is 0. The summed E-state index contributed by atoms with van der Waals surface area (Å²) in [6, 6.07) is 0. The highest BCUT2D eigenvalue weighted by atomic mass is 16.6. The molecule has 0 unspecified atom stereocenters. The Bertz CT molecular complexity index is 415. The van der Waals surface area contributed by atoms with Crippen molar-refractivity contribution < 1.29 is 14.5 Å². The van der Waals surface area contributed by atoms with Crippen LogP contribution in [0.25, 0.3) is 0 Å². The van der Waals surface area contributed by atoms with Crippen molar-refractivity contribution in [2.45, 2.75) is 20.4 Å². The molecule has 0 bridgehead atoms. The monoisotopic (exact) mass is 242 g/mol. The van der Waals surface area contributed by atoms with Crippen LogP contribution in [0.5, 0.6) is 0 Å². The summed E-state index contributed by atoms with van der Waals surface area (Å²) < 4.78 is 6.08. The molecule has 1 amide bonds. The van der Waals surface area contributed by atoms with Gasteiger partial charge in [-0.3, -0.25) is 0 Å². The highest BCUT2D eigenvalue weighted by Crippen LogP contribution is 2.12. The molecular formula is C9H14N4O4. The van der Waals surface area contributed by atoms with Crippen molar-refractivity contribution in [3.63, 3.8) is 0 Å². The van der Waals surface area contributed by atoms with Crippen LogP contribution in [0.15, 0.2) is 6.20 Å². The summed E-state index contributed by atoms with van der Waals surface area (Å²) in [6.07, 6.45) is 0.660. The minimum Gasteiger partial charge on any atom is -0.450 e. The van der Waals surface area contributed by atoms with E-state index in [1.165, 1.54) is 10.8 Å². The lowest BCUT2D eigenvalue weighted by Crippen LogP contribution is -2.28. The van der Waals surface area contributed by atoms with E-state index in [-0.39, 0.29) is 25.5 Å². The van der Waals surface area contributed by atoms with Crippen LogP contribution < -0.4 is 5.32 Å². The molecule has 8 heteroatoms. The summed E-state index contributed by atoms with van der Waals surface area (Å²) in [5, 5.41) is 13.2. The van der Waals surface area contributed by atoms with Crippen LogP contribution in [-0.2, 0) is 11.3 Å². The zero-order valence-electron chi connectivity index (χ0n) is 9.67. The predicted octanol–water partition coefficient (Wildman–Crippen LogP) is 0.846. The Hall–Kier alpha value is -2.12. The van der Waals surface area contributed by atoms with Crippen molar-refractivity contribution in [2.24, 2.45) is 0 Å². The average Bonchev–Trinajstić information content (AvgIpc) is 2.61. The molecule has 8 nitrogen and oxygen atoms in total. The van der Waals surface area contributed by atoms with Gasteiger partial charge in [-0.15, -0.1) is 0 Å². The first-order chi connectivity index (χ1) is 8.06. The predicted molar refractivity (Wildman–Crippen MR) is 58.6 cm³/mol. The van der Waals surface area contributed by atoms with Gasteiger partial charge in [0, 0.05) is 6.92 Å². The van der Waals surface area contributed by atoms with Crippen molar-refractivity contribution in [2.75, 3.05) is 13.2 Å². The Morgan fingerprint density at radius 2 is 2.41 bits per heavy atom. The molecule has 0 spiro atoms. The van der Waals surface area contributed by atoms with Crippen molar-refractivity contribution in [3.05, 3.63) is 22.1 Å². The van der Waals surface area contributed by atoms with E-state index in [1.54, 1.807) is 13.8 Å². The summed E-state index contributed by atoms with van der Waals surface area (Å²) in [7, 11) is 0. The molecule has 1 heterocycles. The Balaban J connectivity index is 2.54. The normalized spacial score (nSPS) is 10.0. The fraction of sp³-hybridized carbons (Fsp3) is 0.556. The maximum atomic E-state index is 11.0. The van der Waals surface area contributed by atoms with E-state index in [0.29, 0.717) is 5.82 Å². The molecule has 17 heavy (non-hydrogen) atoms. The van der Waals surface area contributed by atoms with Gasteiger partial charge in [0.2, 0.25) is 0 Å². The standard InChI is InChI=1S/C9H14N4O4/c1-3-17-9(14)10-4-5-12-7(2)11-6-8(12)13(15)16/h6H,3-5H2,1-2H3,(H,10,14). The third-order valence-electron chi connectivity index (χ3n) is 2.10. The highest BCUT2D eigenvalue weighted by Gasteiger charge is 2.16. The summed E-state index contributed by atoms with van der Waals surface area (Å²) in [6.45, 7) is 4.18. The molecule has 1 N–H and O–H groups in total. The van der Waals surface area contributed by atoms with Crippen molar-refractivity contribution in [1.82, 2.24) is 14.9 Å². The van der Waals surface area contributed by atoms with Gasteiger partial charge in [-0.1, -0.05) is 0 Å². The van der Waals surface area contributed by atoms with Crippen molar-refractivity contribution in [3.8, 4) is 0 Å². The zero-order valence-corrected chi connectivity index (χ0v) is 9.67. The SMILES string of the molecule is CCOC(=O)NCCn1c([N+](=O)[O-])cnc1C. The molecule has 0 atom stereocenters. The van der Waals surface area contributed by atoms with Crippen LogP contribution in [0.4, 0.5) is 10.6 Å². The number of imidazole rings is 1. The van der Waals surface area contributed by atoms with E-state index in [0.717, 1.165) is 0 Å². The number of hydrogen-bond donors (Lipinski definition) is 1. The number of amides is 1. The number of hydrogen-bond acceptors (Lipinski definition) is 5. The van der Waals surface area contributed by atoms with Crippen molar-refractivity contribution in [1.29, 1.82) is 0 Å². The van der Waals surface area contributed by atoms with Gasteiger partial charge in [0.15, 0.2) is 5.82 Å². The van der Waals surface area contributed by atoms with Gasteiger partial charge in [0.1, 0.15) is 12.7 Å². The summed E-state index contributed by atoms with van der Waals surface area (Å²) in [5.41, 5.74) is 0. The second-order valence-electron chi connectivity index (χ2n) is 3.22. The summed E-state index contributed by atoms with van der Waals surface area (Å²) in [5.74, 6) is 0.440. The van der Waals surface area contributed by atoms with Gasteiger partial charge in [-0.05, 0) is 11.8 Å². The fourth-order valence-corrected chi connectivity index (χ4v) is 1.33. The third kappa shape index (κ3) is 3.44. The maximum absolute atomic E-state index is 11.0. The van der Waals surface area contributed by atoms with Crippen LogP contribution >= 0.6 is 0 Å². The van der Waals surface area contributed by atoms with Gasteiger partial charge in [0.25, 0.3) is 0 Å². The molecule has 0 saturated carbocycles. The van der Waals surface area contributed by atoms with Gasteiger partial charge in [-0.2, -0.15) is 0 Å². The van der Waals surface area contributed by atoms with Gasteiger partial charge in [0.05, 0.1) is 13.2 Å². The van der Waals surface area contributed by atoms with E-state index >= 15 is 0 Å². The fourth-order valence-electron chi connectivity index (χ4n) is 1.33. The topological polar surface area (TPSA) is 99.3 Å². The number of carbonyl (C=O) groups is 1. The molecule has 0 radical (unpaired) electrons. The molecule has 94 valence electrons. The molecule has 0 aromatic carbocycles. The van der Waals surface area contributed by atoms with E-state index in [4.69, 9.17) is 0 Å². The molecule has 0 fully saturated rings. The largest absolute Gasteiger partial charge is 0.450 e. The minimum absolute atomic E-state index is 0.0897. The number of rotatable bonds is 5. The van der Waals surface area contributed by atoms with E-state index in [1.807, 2.05) is 0 Å². The third-order valence-corrected chi connectivity index (χ3v) is 2.10. The van der Waals surface area contributed by atoms with Crippen LogP contribution in [0, 0.1) is 17.0 Å². The smallest absolute Gasteiger partial charge is 0.407 e. The Kier molecular flexibility index (Phi) is 4.44. The Labute approximate surface area is 97.7 Å². The maximum Gasteiger partial charge on any atom is 0.407 e.